The van der Waals surface area contributed by atoms with Crippen molar-refractivity contribution in [2.24, 2.45) is 27.4 Å². The van der Waals surface area contributed by atoms with E-state index in [-0.39, 0.29) is 22.3 Å². The van der Waals surface area contributed by atoms with Crippen LogP contribution in [0.4, 0.5) is 0 Å². The Labute approximate surface area is 145 Å². The fraction of sp³-hybridized carbons (Fsp3) is 1.00. The Bertz CT molecular complexity index is 538. The summed E-state index contributed by atoms with van der Waals surface area (Å²) in [5.74, 6) is -0.118. The minimum Gasteiger partial charge on any atom is -0.330 e. The Balaban J connectivity index is 0.000000240. The van der Waals surface area contributed by atoms with Gasteiger partial charge < -0.3 is 11.5 Å². The predicted molar refractivity (Wildman–Crippen MR) is 94.3 cm³/mol. The lowest BCUT2D eigenvalue weighted by atomic mass is 9.89. The second-order valence-corrected chi connectivity index (χ2v) is 10.4. The van der Waals surface area contributed by atoms with Crippen LogP contribution in [0.15, 0.2) is 0 Å². The molecule has 0 aromatic carbocycles. The molecular formula is C14H31N3O5S2. The average molecular weight is 386 g/mol. The Morgan fingerprint density at radius 2 is 1.08 bits per heavy atom. The van der Waals surface area contributed by atoms with Crippen LogP contribution in [0.25, 0.3) is 0 Å². The largest absolute Gasteiger partial charge is 0.330 e. The molecule has 2 aliphatic rings. The van der Waals surface area contributed by atoms with E-state index in [0.717, 1.165) is 51.4 Å². The lowest BCUT2D eigenvalue weighted by molar-refractivity contribution is 0.338. The van der Waals surface area contributed by atoms with Crippen molar-refractivity contribution in [2.75, 3.05) is 24.6 Å². The van der Waals surface area contributed by atoms with E-state index in [2.05, 4.69) is 0 Å². The Morgan fingerprint density at radius 3 is 1.33 bits per heavy atom. The van der Waals surface area contributed by atoms with Crippen molar-refractivity contribution in [1.82, 2.24) is 0 Å². The molecule has 144 valence electrons. The minimum absolute atomic E-state index is 0.0521. The summed E-state index contributed by atoms with van der Waals surface area (Å²) in [6.45, 7) is 0.788. The maximum absolute atomic E-state index is 10.9. The fourth-order valence-electron chi connectivity index (χ4n) is 3.88. The molecule has 0 radical (unpaired) electrons. The van der Waals surface area contributed by atoms with Crippen molar-refractivity contribution in [3.63, 3.8) is 0 Å². The van der Waals surface area contributed by atoms with Gasteiger partial charge in [0.1, 0.15) is 0 Å². The molecule has 0 aliphatic heterocycles. The zero-order chi connectivity index (χ0) is 18.5. The highest BCUT2D eigenvalue weighted by molar-refractivity contribution is 7.89. The molecule has 0 aromatic heterocycles. The van der Waals surface area contributed by atoms with E-state index in [0.29, 0.717) is 13.1 Å². The van der Waals surface area contributed by atoms with Gasteiger partial charge in [-0.15, -0.1) is 0 Å². The molecule has 7 N–H and O–H groups in total. The van der Waals surface area contributed by atoms with Gasteiger partial charge in [-0.25, -0.2) is 13.6 Å². The van der Waals surface area contributed by atoms with Gasteiger partial charge in [0.15, 0.2) is 0 Å². The lowest BCUT2D eigenvalue weighted by Gasteiger charge is -2.25. The molecule has 2 saturated carbocycles. The maximum atomic E-state index is 10.9. The molecule has 2 fully saturated rings. The van der Waals surface area contributed by atoms with Crippen molar-refractivity contribution in [3.8, 4) is 0 Å². The summed E-state index contributed by atoms with van der Waals surface area (Å²) in [5, 5.41) is 4.99. The monoisotopic (exact) mass is 385 g/mol. The second kappa shape index (κ2) is 8.41. The molecule has 8 nitrogen and oxygen atoms in total. The highest BCUT2D eigenvalue weighted by atomic mass is 32.2. The highest BCUT2D eigenvalue weighted by Gasteiger charge is 2.36. The zero-order valence-corrected chi connectivity index (χ0v) is 15.7. The molecule has 24 heavy (non-hydrogen) atoms. The molecule has 2 aliphatic carbocycles. The standard InChI is InChI=1S/C7H16N2O2S.C7H15NO3S/c2*8-5-7(3-1-2-4-7)6-12(9,10)11/h1-6,8H2,(H2,9,10,11);1-6,8H2,(H,9,10,11). The Kier molecular flexibility index (Phi) is 7.64. The number of rotatable bonds is 6. The third kappa shape index (κ3) is 7.32. The smallest absolute Gasteiger partial charge is 0.265 e. The van der Waals surface area contributed by atoms with E-state index >= 15 is 0 Å². The van der Waals surface area contributed by atoms with Gasteiger partial charge in [-0.2, -0.15) is 8.42 Å². The van der Waals surface area contributed by atoms with Crippen LogP contribution in [-0.4, -0.2) is 46.0 Å². The third-order valence-electron chi connectivity index (χ3n) is 5.19. The second-order valence-electron chi connectivity index (χ2n) is 7.36. The van der Waals surface area contributed by atoms with Gasteiger partial charge in [-0.3, -0.25) is 4.55 Å². The van der Waals surface area contributed by atoms with E-state index in [9.17, 15) is 16.8 Å². The number of hydrogen-bond acceptors (Lipinski definition) is 6. The van der Waals surface area contributed by atoms with Crippen LogP contribution in [0.3, 0.4) is 0 Å². The summed E-state index contributed by atoms with van der Waals surface area (Å²) in [6, 6.07) is 0. The van der Waals surface area contributed by atoms with Gasteiger partial charge in [0, 0.05) is 0 Å². The van der Waals surface area contributed by atoms with Crippen LogP contribution in [0, 0.1) is 10.8 Å². The van der Waals surface area contributed by atoms with Gasteiger partial charge in [0.25, 0.3) is 10.1 Å². The quantitative estimate of drug-likeness (QED) is 0.473. The first-order valence-electron chi connectivity index (χ1n) is 8.31. The van der Waals surface area contributed by atoms with Crippen molar-refractivity contribution in [3.05, 3.63) is 0 Å². The lowest BCUT2D eigenvalue weighted by Crippen LogP contribution is -2.37. The summed E-state index contributed by atoms with van der Waals surface area (Å²) in [5.41, 5.74) is 10.5. The van der Waals surface area contributed by atoms with Crippen molar-refractivity contribution in [2.45, 2.75) is 51.4 Å². The molecule has 10 heteroatoms. The van der Waals surface area contributed by atoms with Gasteiger partial charge in [-0.05, 0) is 49.6 Å². The summed E-state index contributed by atoms with van der Waals surface area (Å²) in [6.07, 6.45) is 7.64. The van der Waals surface area contributed by atoms with E-state index in [1.165, 1.54) is 0 Å². The Morgan fingerprint density at radius 1 is 0.750 bits per heavy atom. The van der Waals surface area contributed by atoms with E-state index in [1.807, 2.05) is 0 Å². The van der Waals surface area contributed by atoms with E-state index in [4.69, 9.17) is 21.2 Å². The van der Waals surface area contributed by atoms with Crippen LogP contribution < -0.4 is 16.6 Å². The van der Waals surface area contributed by atoms with Crippen molar-refractivity contribution in [1.29, 1.82) is 0 Å². The fourth-order valence-corrected chi connectivity index (χ4v) is 6.32. The minimum atomic E-state index is -3.86. The van der Waals surface area contributed by atoms with Crippen LogP contribution in [0.5, 0.6) is 0 Å². The van der Waals surface area contributed by atoms with Crippen LogP contribution in [0.2, 0.25) is 0 Å². The molecule has 0 saturated heterocycles. The van der Waals surface area contributed by atoms with Crippen LogP contribution >= 0.6 is 0 Å². The number of primary sulfonamides is 1. The predicted octanol–water partition coefficient (Wildman–Crippen LogP) is 0.187. The van der Waals surface area contributed by atoms with E-state index in [1.54, 1.807) is 0 Å². The maximum Gasteiger partial charge on any atom is 0.265 e. The van der Waals surface area contributed by atoms with Crippen LogP contribution in [0.1, 0.15) is 51.4 Å². The normalized spacial score (nSPS) is 22.8. The highest BCUT2D eigenvalue weighted by Crippen LogP contribution is 2.38. The third-order valence-corrected chi connectivity index (χ3v) is 7.18. The van der Waals surface area contributed by atoms with Gasteiger partial charge in [0.2, 0.25) is 10.0 Å². The SMILES string of the molecule is NCC1(CS(=O)(=O)O)CCCC1.NCC1(CS(N)(=O)=O)CCCC1. The van der Waals surface area contributed by atoms with E-state index < -0.39 is 20.1 Å². The van der Waals surface area contributed by atoms with Crippen LogP contribution in [-0.2, 0) is 20.1 Å². The topological polar surface area (TPSA) is 167 Å². The first kappa shape index (κ1) is 21.8. The molecule has 0 atom stereocenters. The first-order chi connectivity index (χ1) is 10.9. The molecule has 0 bridgehead atoms. The first-order valence-corrected chi connectivity index (χ1v) is 11.6. The zero-order valence-electron chi connectivity index (χ0n) is 14.1. The molecule has 0 unspecified atom stereocenters. The summed E-state index contributed by atoms with van der Waals surface area (Å²) in [4.78, 5) is 0. The van der Waals surface area contributed by atoms with Crippen molar-refractivity contribution < 1.29 is 21.4 Å². The number of sulfonamides is 1. The summed E-state index contributed by atoms with van der Waals surface area (Å²) in [7, 11) is -7.22. The number of hydrogen-bond donors (Lipinski definition) is 4. The Hall–Kier alpha value is -0.260. The van der Waals surface area contributed by atoms with Gasteiger partial charge >= 0.3 is 0 Å². The molecule has 0 spiro atoms. The molecular weight excluding hydrogens is 354 g/mol. The van der Waals surface area contributed by atoms with Crippen molar-refractivity contribution >= 4 is 20.1 Å². The summed E-state index contributed by atoms with van der Waals surface area (Å²) < 4.78 is 51.7. The average Bonchev–Trinajstić information content (AvgIpc) is 3.07. The molecule has 0 amide bonds. The molecule has 0 heterocycles. The summed E-state index contributed by atoms with van der Waals surface area (Å²) >= 11 is 0. The molecule has 2 rings (SSSR count). The molecule has 0 aromatic rings. The van der Waals surface area contributed by atoms with Gasteiger partial charge in [-0.1, -0.05) is 25.7 Å². The number of nitrogens with two attached hydrogens (primary N) is 3. The van der Waals surface area contributed by atoms with Gasteiger partial charge in [0.05, 0.1) is 11.5 Å².